The third kappa shape index (κ3) is 6.41. The Kier molecular flexibility index (Phi) is 6.05. The summed E-state index contributed by atoms with van der Waals surface area (Å²) < 4.78 is 0. The summed E-state index contributed by atoms with van der Waals surface area (Å²) in [5, 5.41) is 11.6. The number of hydrogen-bond acceptors (Lipinski definition) is 3. The summed E-state index contributed by atoms with van der Waals surface area (Å²) in [6.07, 6.45) is 0.900. The van der Waals surface area contributed by atoms with Gasteiger partial charge < -0.3 is 5.32 Å². The highest BCUT2D eigenvalue weighted by Crippen LogP contribution is 2.06. The second-order valence-electron chi connectivity index (χ2n) is 5.01. The van der Waals surface area contributed by atoms with Crippen molar-refractivity contribution in [1.29, 1.82) is 5.26 Å². The fraction of sp³-hybridized carbons (Fsp3) is 0.833. The molecule has 0 bridgehead atoms. The molecular formula is C12H23N3O. The maximum Gasteiger partial charge on any atom is 0.234 e. The lowest BCUT2D eigenvalue weighted by atomic mass is 10.0. The Bertz CT molecular complexity index is 268. The van der Waals surface area contributed by atoms with Gasteiger partial charge in [-0.05, 0) is 34.2 Å². The molecule has 0 rings (SSSR count). The molecule has 0 saturated carbocycles. The highest BCUT2D eigenvalue weighted by molar-refractivity contribution is 5.78. The Balaban J connectivity index is 4.02. The molecule has 0 aromatic heterocycles. The Morgan fingerprint density at radius 3 is 2.56 bits per heavy atom. The van der Waals surface area contributed by atoms with E-state index in [1.165, 1.54) is 0 Å². The largest absolute Gasteiger partial charge is 0.350 e. The molecule has 0 heterocycles. The van der Waals surface area contributed by atoms with Crippen LogP contribution >= 0.6 is 0 Å². The highest BCUT2D eigenvalue weighted by atomic mass is 16.2. The van der Waals surface area contributed by atoms with Crippen LogP contribution in [0, 0.1) is 17.2 Å². The van der Waals surface area contributed by atoms with E-state index in [1.54, 1.807) is 0 Å². The Labute approximate surface area is 98.6 Å². The predicted molar refractivity (Wildman–Crippen MR) is 64.8 cm³/mol. The number of amides is 1. The summed E-state index contributed by atoms with van der Waals surface area (Å²) in [6.45, 7) is 8.86. The summed E-state index contributed by atoms with van der Waals surface area (Å²) in [6, 6.07) is 2.16. The van der Waals surface area contributed by atoms with Crippen molar-refractivity contribution in [3.63, 3.8) is 0 Å². The van der Waals surface area contributed by atoms with Gasteiger partial charge in [0.15, 0.2) is 0 Å². The normalized spacial score (nSPS) is 13.3. The standard InChI is InChI=1S/C12H23N3O/c1-6-12(3,4)14-11(16)9-15(5)8-10(2)7-13/h10H,6,8-9H2,1-5H3,(H,14,16). The molecule has 1 unspecified atom stereocenters. The molecule has 0 fully saturated rings. The van der Waals surface area contributed by atoms with Gasteiger partial charge in [0.05, 0.1) is 18.5 Å². The van der Waals surface area contributed by atoms with Crippen LogP contribution in [0.5, 0.6) is 0 Å². The third-order valence-electron chi connectivity index (χ3n) is 2.58. The van der Waals surface area contributed by atoms with E-state index < -0.39 is 0 Å². The average Bonchev–Trinajstić information content (AvgIpc) is 2.16. The van der Waals surface area contributed by atoms with Crippen molar-refractivity contribution in [2.24, 2.45) is 5.92 Å². The number of likely N-dealkylation sites (N-methyl/N-ethyl adjacent to an activating group) is 1. The Morgan fingerprint density at radius 2 is 2.12 bits per heavy atom. The minimum atomic E-state index is -0.154. The molecule has 92 valence electrons. The molecule has 0 aliphatic rings. The van der Waals surface area contributed by atoms with E-state index >= 15 is 0 Å². The van der Waals surface area contributed by atoms with Gasteiger partial charge in [0, 0.05) is 12.1 Å². The summed E-state index contributed by atoms with van der Waals surface area (Å²) in [5.41, 5.74) is -0.154. The molecule has 0 aliphatic heterocycles. The molecule has 1 N–H and O–H groups in total. The highest BCUT2D eigenvalue weighted by Gasteiger charge is 2.18. The van der Waals surface area contributed by atoms with Crippen molar-refractivity contribution in [2.45, 2.75) is 39.7 Å². The van der Waals surface area contributed by atoms with Crippen molar-refractivity contribution < 1.29 is 4.79 Å². The molecule has 4 nitrogen and oxygen atoms in total. The summed E-state index contributed by atoms with van der Waals surface area (Å²) in [5.74, 6) is -0.0310. The number of carbonyl (C=O) groups excluding carboxylic acids is 1. The first-order chi connectivity index (χ1) is 7.30. The molecule has 0 saturated heterocycles. The molecule has 4 heteroatoms. The third-order valence-corrected chi connectivity index (χ3v) is 2.58. The van der Waals surface area contributed by atoms with Gasteiger partial charge in [-0.1, -0.05) is 6.92 Å². The summed E-state index contributed by atoms with van der Waals surface area (Å²) in [4.78, 5) is 13.5. The zero-order valence-corrected chi connectivity index (χ0v) is 11.0. The molecule has 0 radical (unpaired) electrons. The van der Waals surface area contributed by atoms with Crippen LogP contribution in [0.4, 0.5) is 0 Å². The second-order valence-corrected chi connectivity index (χ2v) is 5.01. The minimum absolute atomic E-state index is 0.0134. The summed E-state index contributed by atoms with van der Waals surface area (Å²) >= 11 is 0. The molecule has 1 atom stereocenters. The molecule has 0 aromatic rings. The molecule has 0 spiro atoms. The van der Waals surface area contributed by atoms with Gasteiger partial charge >= 0.3 is 0 Å². The minimum Gasteiger partial charge on any atom is -0.350 e. The van der Waals surface area contributed by atoms with E-state index in [2.05, 4.69) is 11.4 Å². The SMILES string of the molecule is CCC(C)(C)NC(=O)CN(C)CC(C)C#N. The zero-order chi connectivity index (χ0) is 12.8. The maximum absolute atomic E-state index is 11.7. The van der Waals surface area contributed by atoms with E-state index in [0.29, 0.717) is 13.1 Å². The smallest absolute Gasteiger partial charge is 0.234 e. The zero-order valence-electron chi connectivity index (χ0n) is 11.0. The predicted octanol–water partition coefficient (Wildman–Crippen LogP) is 1.38. The lowest BCUT2D eigenvalue weighted by Crippen LogP contribution is -2.47. The molecule has 1 amide bonds. The van der Waals surface area contributed by atoms with Crippen molar-refractivity contribution >= 4 is 5.91 Å². The van der Waals surface area contributed by atoms with Gasteiger partial charge in [0.2, 0.25) is 5.91 Å². The van der Waals surface area contributed by atoms with Gasteiger partial charge in [-0.2, -0.15) is 5.26 Å². The van der Waals surface area contributed by atoms with Gasteiger partial charge in [-0.15, -0.1) is 0 Å². The van der Waals surface area contributed by atoms with E-state index in [0.717, 1.165) is 6.42 Å². The van der Waals surface area contributed by atoms with Crippen LogP contribution in [0.1, 0.15) is 34.1 Å². The molecule has 0 aliphatic carbocycles. The summed E-state index contributed by atoms with van der Waals surface area (Å²) in [7, 11) is 1.85. The van der Waals surface area contributed by atoms with Crippen molar-refractivity contribution in [3.05, 3.63) is 0 Å². The number of hydrogen-bond donors (Lipinski definition) is 1. The number of carbonyl (C=O) groups is 1. The Morgan fingerprint density at radius 1 is 1.56 bits per heavy atom. The average molecular weight is 225 g/mol. The number of nitrogens with one attached hydrogen (secondary N) is 1. The van der Waals surface area contributed by atoms with Crippen molar-refractivity contribution in [2.75, 3.05) is 20.1 Å². The van der Waals surface area contributed by atoms with Crippen molar-refractivity contribution in [1.82, 2.24) is 10.2 Å². The molecular weight excluding hydrogens is 202 g/mol. The van der Waals surface area contributed by atoms with Crippen LogP contribution in [-0.4, -0.2) is 36.5 Å². The van der Waals surface area contributed by atoms with Crippen LogP contribution in [0.2, 0.25) is 0 Å². The van der Waals surface area contributed by atoms with Crippen LogP contribution in [0.3, 0.4) is 0 Å². The fourth-order valence-corrected chi connectivity index (χ4v) is 1.32. The van der Waals surface area contributed by atoms with E-state index in [4.69, 9.17) is 5.26 Å². The topological polar surface area (TPSA) is 56.1 Å². The van der Waals surface area contributed by atoms with E-state index in [-0.39, 0.29) is 17.4 Å². The maximum atomic E-state index is 11.7. The van der Waals surface area contributed by atoms with Crippen LogP contribution in [0.15, 0.2) is 0 Å². The van der Waals surface area contributed by atoms with Crippen LogP contribution < -0.4 is 5.32 Å². The lowest BCUT2D eigenvalue weighted by molar-refractivity contribution is -0.123. The fourth-order valence-electron chi connectivity index (χ4n) is 1.32. The number of nitriles is 1. The first-order valence-corrected chi connectivity index (χ1v) is 5.70. The van der Waals surface area contributed by atoms with E-state index in [1.807, 2.05) is 39.6 Å². The van der Waals surface area contributed by atoms with Crippen LogP contribution in [0.25, 0.3) is 0 Å². The second kappa shape index (κ2) is 6.49. The van der Waals surface area contributed by atoms with Crippen LogP contribution in [-0.2, 0) is 4.79 Å². The molecule has 0 aromatic carbocycles. The van der Waals surface area contributed by atoms with Crippen molar-refractivity contribution in [3.8, 4) is 6.07 Å². The molecule has 16 heavy (non-hydrogen) atoms. The first-order valence-electron chi connectivity index (χ1n) is 5.70. The lowest BCUT2D eigenvalue weighted by Gasteiger charge is -2.26. The Hall–Kier alpha value is -1.08. The van der Waals surface area contributed by atoms with Gasteiger partial charge in [0.25, 0.3) is 0 Å². The van der Waals surface area contributed by atoms with Gasteiger partial charge in [-0.25, -0.2) is 0 Å². The monoisotopic (exact) mass is 225 g/mol. The van der Waals surface area contributed by atoms with Gasteiger partial charge in [-0.3, -0.25) is 9.69 Å². The first kappa shape index (κ1) is 14.9. The number of nitrogens with zero attached hydrogens (tertiary/aromatic N) is 2. The van der Waals surface area contributed by atoms with Gasteiger partial charge in [0.1, 0.15) is 0 Å². The number of rotatable bonds is 6. The quantitative estimate of drug-likeness (QED) is 0.743. The van der Waals surface area contributed by atoms with E-state index in [9.17, 15) is 4.79 Å².